The zero-order chi connectivity index (χ0) is 60.2. The molecule has 2 fully saturated rings. The molecule has 1 amide bonds. The summed E-state index contributed by atoms with van der Waals surface area (Å²) < 4.78 is 22.9. The lowest BCUT2D eigenvalue weighted by molar-refractivity contribution is -0.359. The summed E-state index contributed by atoms with van der Waals surface area (Å²) >= 11 is 0. The summed E-state index contributed by atoms with van der Waals surface area (Å²) in [6.45, 7) is 2.72. The number of unbranched alkanes of at least 4 members (excludes halogenated alkanes) is 34. The third kappa shape index (κ3) is 38.6. The van der Waals surface area contributed by atoms with Crippen LogP contribution in [0.3, 0.4) is 0 Å². The van der Waals surface area contributed by atoms with E-state index in [-0.39, 0.29) is 18.9 Å². The molecule has 9 N–H and O–H groups in total. The second-order valence-electron chi connectivity index (χ2n) is 23.9. The highest BCUT2D eigenvalue weighted by Gasteiger charge is 2.51. The van der Waals surface area contributed by atoms with Gasteiger partial charge in [0.15, 0.2) is 12.6 Å². The number of nitrogens with one attached hydrogen (secondary N) is 1. The van der Waals surface area contributed by atoms with Gasteiger partial charge in [0.2, 0.25) is 5.91 Å². The Labute approximate surface area is 505 Å². The number of ether oxygens (including phenoxy) is 4. The van der Waals surface area contributed by atoms with Crippen LogP contribution in [0.4, 0.5) is 0 Å². The lowest BCUT2D eigenvalue weighted by Crippen LogP contribution is -2.65. The van der Waals surface area contributed by atoms with Crippen molar-refractivity contribution < 1.29 is 64.6 Å². The van der Waals surface area contributed by atoms with Gasteiger partial charge in [-0.3, -0.25) is 4.79 Å². The maximum atomic E-state index is 13.3. The fourth-order valence-electron chi connectivity index (χ4n) is 11.0. The van der Waals surface area contributed by atoms with Crippen LogP contribution in [0.5, 0.6) is 0 Å². The minimum absolute atomic E-state index is 0.239. The zero-order valence-corrected chi connectivity index (χ0v) is 52.4. The molecule has 2 aliphatic heterocycles. The first-order chi connectivity index (χ1) is 40.6. The fourth-order valence-corrected chi connectivity index (χ4v) is 11.0. The van der Waals surface area contributed by atoms with Gasteiger partial charge in [0, 0.05) is 6.42 Å². The largest absolute Gasteiger partial charge is 0.394 e. The fraction of sp³-hybridized carbons (Fsp3) is 0.841. The van der Waals surface area contributed by atoms with Crippen LogP contribution in [0.15, 0.2) is 60.8 Å². The number of aliphatic hydroxyl groups is 8. The Balaban J connectivity index is 1.70. The predicted octanol–water partition coefficient (Wildman–Crippen LogP) is 13.3. The molecule has 0 saturated carbocycles. The van der Waals surface area contributed by atoms with E-state index in [1.54, 1.807) is 6.08 Å². The summed E-state index contributed by atoms with van der Waals surface area (Å²) in [6, 6.07) is -0.918. The Kier molecular flexibility index (Phi) is 49.9. The Hall–Kier alpha value is -2.31. The van der Waals surface area contributed by atoms with Crippen molar-refractivity contribution in [3.8, 4) is 0 Å². The molecule has 0 aromatic rings. The van der Waals surface area contributed by atoms with Crippen molar-refractivity contribution in [3.63, 3.8) is 0 Å². The third-order valence-electron chi connectivity index (χ3n) is 16.5. The summed E-state index contributed by atoms with van der Waals surface area (Å²) in [7, 11) is 0. The van der Waals surface area contributed by atoms with Crippen LogP contribution in [-0.2, 0) is 23.7 Å². The van der Waals surface area contributed by atoms with Gasteiger partial charge in [0.05, 0.1) is 32.0 Å². The maximum Gasteiger partial charge on any atom is 0.220 e. The Morgan fingerprint density at radius 3 is 1.28 bits per heavy atom. The summed E-state index contributed by atoms with van der Waals surface area (Å²) in [6.07, 6.45) is 54.0. The number of amides is 1. The van der Waals surface area contributed by atoms with Crippen molar-refractivity contribution in [2.75, 3.05) is 19.8 Å². The van der Waals surface area contributed by atoms with Gasteiger partial charge in [-0.05, 0) is 57.8 Å². The van der Waals surface area contributed by atoms with E-state index in [0.29, 0.717) is 6.42 Å². The highest BCUT2D eigenvalue weighted by atomic mass is 16.7. The minimum Gasteiger partial charge on any atom is -0.394 e. The molecule has 0 aromatic carbocycles. The molecule has 0 aromatic heterocycles. The van der Waals surface area contributed by atoms with Crippen LogP contribution in [0, 0.1) is 0 Å². The van der Waals surface area contributed by atoms with E-state index < -0.39 is 86.8 Å². The van der Waals surface area contributed by atoms with Gasteiger partial charge in [0.25, 0.3) is 0 Å². The molecular formula is C69H125NO13. The molecule has 12 atom stereocenters. The van der Waals surface area contributed by atoms with E-state index in [2.05, 4.69) is 67.8 Å². The lowest BCUT2D eigenvalue weighted by Gasteiger charge is -2.46. The predicted molar refractivity (Wildman–Crippen MR) is 337 cm³/mol. The Morgan fingerprint density at radius 1 is 0.446 bits per heavy atom. The molecule has 484 valence electrons. The number of carbonyl (C=O) groups excluding carboxylic acids is 1. The van der Waals surface area contributed by atoms with Crippen LogP contribution in [-0.4, -0.2) is 140 Å². The number of rotatable bonds is 55. The minimum atomic E-state index is -1.79. The molecular weight excluding hydrogens is 1050 g/mol. The molecule has 0 aliphatic carbocycles. The van der Waals surface area contributed by atoms with Gasteiger partial charge in [-0.1, -0.05) is 274 Å². The first-order valence-electron chi connectivity index (χ1n) is 34.0. The number of aliphatic hydroxyl groups excluding tert-OH is 8. The smallest absolute Gasteiger partial charge is 0.220 e. The summed E-state index contributed by atoms with van der Waals surface area (Å²) in [5, 5.41) is 87.4. The molecule has 0 bridgehead atoms. The van der Waals surface area contributed by atoms with Crippen molar-refractivity contribution in [1.82, 2.24) is 5.32 Å². The van der Waals surface area contributed by atoms with Crippen LogP contribution >= 0.6 is 0 Å². The molecule has 14 heteroatoms. The molecule has 2 rings (SSSR count). The first kappa shape index (κ1) is 76.8. The molecule has 14 nitrogen and oxygen atoms in total. The lowest BCUT2D eigenvalue weighted by atomic mass is 9.97. The van der Waals surface area contributed by atoms with Crippen molar-refractivity contribution in [1.29, 1.82) is 0 Å². The van der Waals surface area contributed by atoms with E-state index in [0.717, 1.165) is 64.2 Å². The Bertz CT molecular complexity index is 1620. The van der Waals surface area contributed by atoms with Gasteiger partial charge < -0.3 is 65.1 Å². The van der Waals surface area contributed by atoms with Crippen molar-refractivity contribution in [3.05, 3.63) is 60.8 Å². The molecule has 83 heavy (non-hydrogen) atoms. The van der Waals surface area contributed by atoms with E-state index in [1.807, 2.05) is 6.08 Å². The van der Waals surface area contributed by atoms with Crippen molar-refractivity contribution >= 4 is 5.91 Å². The average Bonchev–Trinajstić information content (AvgIpc) is 3.65. The van der Waals surface area contributed by atoms with Gasteiger partial charge in [0.1, 0.15) is 48.8 Å². The molecule has 0 radical (unpaired) electrons. The normalized spacial score (nSPS) is 24.2. The van der Waals surface area contributed by atoms with Crippen LogP contribution in [0.1, 0.15) is 277 Å². The zero-order valence-electron chi connectivity index (χ0n) is 52.4. The van der Waals surface area contributed by atoms with Crippen molar-refractivity contribution in [2.45, 2.75) is 351 Å². The van der Waals surface area contributed by atoms with Crippen molar-refractivity contribution in [2.24, 2.45) is 0 Å². The quantitative estimate of drug-likeness (QED) is 0.0204. The highest BCUT2D eigenvalue weighted by molar-refractivity contribution is 5.76. The molecule has 2 aliphatic rings. The average molecular weight is 1180 g/mol. The standard InChI is InChI=1S/C69H125NO13/c1-3-5-7-9-11-13-15-17-19-21-23-25-27-28-29-30-31-33-35-37-39-41-43-45-47-49-51-53-61(74)70-57(56-80-68-66(79)64(77)67(60(55-72)82-68)83-69-65(78)63(76)62(75)59(54-71)81-69)58(73)52-50-48-46-44-42-40-38-36-34-32-26-24-22-20-18-16-14-12-10-8-6-4-2/h5,7,11,13,17,19,23,25,50,52,57-60,62-69,71-73,75-79H,3-4,6,8-10,12,14-16,18,20-22,24,26-49,51,53-56H2,1-2H3,(H,70,74)/b7-5-,13-11-,19-17-,25-23-,52-50+. The molecule has 2 heterocycles. The van der Waals surface area contributed by atoms with E-state index in [1.165, 1.54) is 186 Å². The van der Waals surface area contributed by atoms with E-state index in [9.17, 15) is 45.6 Å². The number of hydrogen-bond donors (Lipinski definition) is 9. The molecule has 0 spiro atoms. The maximum absolute atomic E-state index is 13.3. The van der Waals surface area contributed by atoms with Crippen LogP contribution in [0.2, 0.25) is 0 Å². The SMILES string of the molecule is CC/C=C\C/C=C\C/C=C\C/C=C\CCCCCCCCCCCCCCCCC(=O)NC(COC1OC(CO)C(OC2OC(CO)C(O)C(O)C2O)C(O)C1O)C(O)/C=C/CCCCCCCCCCCCCCCCCCCCCC. The van der Waals surface area contributed by atoms with Crippen LogP contribution in [0.25, 0.3) is 0 Å². The van der Waals surface area contributed by atoms with E-state index >= 15 is 0 Å². The van der Waals surface area contributed by atoms with Gasteiger partial charge >= 0.3 is 0 Å². The summed E-state index contributed by atoms with van der Waals surface area (Å²) in [5.41, 5.74) is 0. The van der Waals surface area contributed by atoms with Gasteiger partial charge in [-0.25, -0.2) is 0 Å². The summed E-state index contributed by atoms with van der Waals surface area (Å²) in [5.74, 6) is -0.239. The summed E-state index contributed by atoms with van der Waals surface area (Å²) in [4.78, 5) is 13.3. The number of allylic oxidation sites excluding steroid dienone is 9. The molecule has 2 saturated heterocycles. The van der Waals surface area contributed by atoms with E-state index in [4.69, 9.17) is 18.9 Å². The van der Waals surface area contributed by atoms with Crippen LogP contribution < -0.4 is 5.32 Å². The number of carbonyl (C=O) groups is 1. The second kappa shape index (κ2) is 53.9. The second-order valence-corrected chi connectivity index (χ2v) is 23.9. The third-order valence-corrected chi connectivity index (χ3v) is 16.5. The topological polar surface area (TPSA) is 228 Å². The Morgan fingerprint density at radius 2 is 0.831 bits per heavy atom. The van der Waals surface area contributed by atoms with Gasteiger partial charge in [-0.15, -0.1) is 0 Å². The first-order valence-corrected chi connectivity index (χ1v) is 34.0. The highest BCUT2D eigenvalue weighted by Crippen LogP contribution is 2.30. The van der Waals surface area contributed by atoms with Gasteiger partial charge in [-0.2, -0.15) is 0 Å². The molecule has 12 unspecified atom stereocenters. The number of hydrogen-bond acceptors (Lipinski definition) is 13. The monoisotopic (exact) mass is 1180 g/mol.